The molecule has 4 heteroatoms. The van der Waals surface area contributed by atoms with Crippen molar-refractivity contribution in [3.8, 4) is 0 Å². The molecule has 0 bridgehead atoms. The zero-order valence-corrected chi connectivity index (χ0v) is 12.4. The van der Waals surface area contributed by atoms with Crippen molar-refractivity contribution in [1.82, 2.24) is 9.80 Å². The van der Waals surface area contributed by atoms with E-state index in [1.807, 2.05) is 12.1 Å². The van der Waals surface area contributed by atoms with Crippen molar-refractivity contribution in [3.05, 3.63) is 34.9 Å². The van der Waals surface area contributed by atoms with E-state index in [1.165, 1.54) is 0 Å². The van der Waals surface area contributed by atoms with E-state index in [4.69, 9.17) is 11.6 Å². The van der Waals surface area contributed by atoms with Crippen LogP contribution in [0, 0.1) is 0 Å². The second-order valence-electron chi connectivity index (χ2n) is 5.33. The zero-order chi connectivity index (χ0) is 13.8. The first-order valence-electron chi connectivity index (χ1n) is 6.77. The molecule has 1 fully saturated rings. The van der Waals surface area contributed by atoms with Crippen LogP contribution in [0.15, 0.2) is 24.3 Å². The van der Waals surface area contributed by atoms with Crippen LogP contribution in [-0.4, -0.2) is 54.9 Å². The number of hydrogen-bond acceptors (Lipinski definition) is 3. The Bertz CT molecular complexity index is 450. The Labute approximate surface area is 120 Å². The first kappa shape index (κ1) is 14.5. The molecule has 19 heavy (non-hydrogen) atoms. The summed E-state index contributed by atoms with van der Waals surface area (Å²) in [5.74, 6) is 0.175. The van der Waals surface area contributed by atoms with Gasteiger partial charge in [-0.15, -0.1) is 0 Å². The third-order valence-corrected chi connectivity index (χ3v) is 3.98. The van der Waals surface area contributed by atoms with Crippen molar-refractivity contribution >= 4 is 17.4 Å². The Morgan fingerprint density at radius 3 is 2.89 bits per heavy atom. The van der Waals surface area contributed by atoms with Gasteiger partial charge in [-0.1, -0.05) is 23.7 Å². The topological polar surface area (TPSA) is 23.6 Å². The molecule has 1 aliphatic rings. The van der Waals surface area contributed by atoms with Crippen LogP contribution in [0.1, 0.15) is 23.7 Å². The molecule has 0 N–H and O–H groups in total. The smallest absolute Gasteiger partial charge is 0.164 e. The number of carbonyl (C=O) groups is 1. The van der Waals surface area contributed by atoms with Gasteiger partial charge in [0.1, 0.15) is 0 Å². The predicted molar refractivity (Wildman–Crippen MR) is 78.9 cm³/mol. The first-order chi connectivity index (χ1) is 9.06. The molecular formula is C15H21ClN2O. The highest BCUT2D eigenvalue weighted by Crippen LogP contribution is 2.14. The van der Waals surface area contributed by atoms with E-state index in [-0.39, 0.29) is 5.78 Å². The van der Waals surface area contributed by atoms with Crippen LogP contribution in [0.5, 0.6) is 0 Å². The molecule has 1 aliphatic heterocycles. The summed E-state index contributed by atoms with van der Waals surface area (Å²) >= 11 is 5.91. The average molecular weight is 281 g/mol. The Hall–Kier alpha value is -0.900. The van der Waals surface area contributed by atoms with Gasteiger partial charge in [0.05, 0.1) is 0 Å². The molecule has 1 aromatic rings. The number of carbonyl (C=O) groups excluding carboxylic acids is 1. The zero-order valence-electron chi connectivity index (χ0n) is 11.6. The molecular weight excluding hydrogens is 260 g/mol. The van der Waals surface area contributed by atoms with E-state index in [0.29, 0.717) is 23.0 Å². The minimum absolute atomic E-state index is 0.175. The highest BCUT2D eigenvalue weighted by Gasteiger charge is 2.21. The molecule has 1 heterocycles. The summed E-state index contributed by atoms with van der Waals surface area (Å²) in [7, 11) is 2.14. The Morgan fingerprint density at radius 2 is 2.21 bits per heavy atom. The van der Waals surface area contributed by atoms with Gasteiger partial charge in [-0.25, -0.2) is 0 Å². The van der Waals surface area contributed by atoms with Crippen molar-refractivity contribution in [3.63, 3.8) is 0 Å². The van der Waals surface area contributed by atoms with E-state index in [9.17, 15) is 4.79 Å². The molecule has 0 saturated carbocycles. The number of benzene rings is 1. The molecule has 104 valence electrons. The monoisotopic (exact) mass is 280 g/mol. The average Bonchev–Trinajstić information content (AvgIpc) is 2.37. The molecule has 1 aromatic carbocycles. The number of Topliss-reactive ketones (excluding diaryl/α,β-unsaturated/α-hetero) is 1. The predicted octanol–water partition coefficient (Wildman–Crippen LogP) is 2.55. The van der Waals surface area contributed by atoms with E-state index in [2.05, 4.69) is 23.8 Å². The number of hydrogen-bond donors (Lipinski definition) is 0. The summed E-state index contributed by atoms with van der Waals surface area (Å²) in [6.07, 6.45) is 0.564. The number of nitrogens with zero attached hydrogens (tertiary/aromatic N) is 2. The molecule has 0 amide bonds. The minimum Gasteiger partial charge on any atom is -0.304 e. The highest BCUT2D eigenvalue weighted by molar-refractivity contribution is 6.31. The van der Waals surface area contributed by atoms with Crippen molar-refractivity contribution < 1.29 is 4.79 Å². The number of rotatable bonds is 4. The largest absolute Gasteiger partial charge is 0.304 e. The molecule has 1 atom stereocenters. The van der Waals surface area contributed by atoms with Crippen LogP contribution in [-0.2, 0) is 0 Å². The van der Waals surface area contributed by atoms with Gasteiger partial charge in [-0.2, -0.15) is 0 Å². The number of piperazine rings is 1. The fourth-order valence-corrected chi connectivity index (χ4v) is 2.75. The minimum atomic E-state index is 0.175. The maximum absolute atomic E-state index is 12.1. The molecule has 0 aromatic heterocycles. The molecule has 3 nitrogen and oxygen atoms in total. The van der Waals surface area contributed by atoms with Gasteiger partial charge in [0, 0.05) is 49.2 Å². The summed E-state index contributed by atoms with van der Waals surface area (Å²) in [5.41, 5.74) is 0.717. The third-order valence-electron chi connectivity index (χ3n) is 3.74. The van der Waals surface area contributed by atoms with Crippen LogP contribution in [0.4, 0.5) is 0 Å². The van der Waals surface area contributed by atoms with Gasteiger partial charge in [0.25, 0.3) is 0 Å². The van der Waals surface area contributed by atoms with E-state index in [1.54, 1.807) is 12.1 Å². The molecule has 1 saturated heterocycles. The van der Waals surface area contributed by atoms with Gasteiger partial charge in [-0.05, 0) is 26.1 Å². The second-order valence-corrected chi connectivity index (χ2v) is 5.77. The van der Waals surface area contributed by atoms with Crippen LogP contribution < -0.4 is 0 Å². The summed E-state index contributed by atoms with van der Waals surface area (Å²) < 4.78 is 0. The Morgan fingerprint density at radius 1 is 1.42 bits per heavy atom. The van der Waals surface area contributed by atoms with Crippen LogP contribution in [0.25, 0.3) is 0 Å². The molecule has 0 aliphatic carbocycles. The number of ketones is 1. The third kappa shape index (κ3) is 4.03. The van der Waals surface area contributed by atoms with E-state index < -0.39 is 0 Å². The maximum Gasteiger partial charge on any atom is 0.164 e. The summed E-state index contributed by atoms with van der Waals surface area (Å²) in [5, 5.41) is 0.624. The van der Waals surface area contributed by atoms with Gasteiger partial charge in [-0.3, -0.25) is 9.69 Å². The first-order valence-corrected chi connectivity index (χ1v) is 7.15. The highest BCUT2D eigenvalue weighted by atomic mass is 35.5. The van der Waals surface area contributed by atoms with Crippen LogP contribution in [0.3, 0.4) is 0 Å². The van der Waals surface area contributed by atoms with E-state index in [0.717, 1.165) is 26.2 Å². The summed E-state index contributed by atoms with van der Waals surface area (Å²) in [6, 6.07) is 7.72. The van der Waals surface area contributed by atoms with Crippen LogP contribution >= 0.6 is 11.6 Å². The Balaban J connectivity index is 1.87. The van der Waals surface area contributed by atoms with Gasteiger partial charge in [0.15, 0.2) is 5.78 Å². The normalized spacial score (nSPS) is 21.5. The number of likely N-dealkylation sites (N-methyl/N-ethyl adjacent to an activating group) is 1. The van der Waals surface area contributed by atoms with Crippen molar-refractivity contribution in [1.29, 1.82) is 0 Å². The summed E-state index contributed by atoms with van der Waals surface area (Å²) in [6.45, 7) is 6.25. The standard InChI is InChI=1S/C15H21ClN2O/c1-12-11-17(2)8-9-18(12)7-6-15(19)13-4-3-5-14(16)10-13/h3-5,10,12H,6-9,11H2,1-2H3. The lowest BCUT2D eigenvalue weighted by Crippen LogP contribution is -2.50. The maximum atomic E-state index is 12.1. The van der Waals surface area contributed by atoms with Gasteiger partial charge < -0.3 is 4.90 Å². The molecule has 0 radical (unpaired) electrons. The van der Waals surface area contributed by atoms with Gasteiger partial charge >= 0.3 is 0 Å². The van der Waals surface area contributed by atoms with Crippen molar-refractivity contribution in [2.45, 2.75) is 19.4 Å². The lowest BCUT2D eigenvalue weighted by atomic mass is 10.1. The van der Waals surface area contributed by atoms with Gasteiger partial charge in [0.2, 0.25) is 0 Å². The van der Waals surface area contributed by atoms with Crippen LogP contribution in [0.2, 0.25) is 5.02 Å². The van der Waals surface area contributed by atoms with E-state index >= 15 is 0 Å². The molecule has 0 spiro atoms. The van der Waals surface area contributed by atoms with Crippen molar-refractivity contribution in [2.75, 3.05) is 33.2 Å². The number of halogens is 1. The molecule has 1 unspecified atom stereocenters. The Kier molecular flexibility index (Phi) is 4.97. The fraction of sp³-hybridized carbons (Fsp3) is 0.533. The quantitative estimate of drug-likeness (QED) is 0.792. The van der Waals surface area contributed by atoms with Crippen molar-refractivity contribution in [2.24, 2.45) is 0 Å². The lowest BCUT2D eigenvalue weighted by Gasteiger charge is -2.38. The SMILES string of the molecule is CC1CN(C)CCN1CCC(=O)c1cccc(Cl)c1. The molecule has 2 rings (SSSR count). The second kappa shape index (κ2) is 6.51. The fourth-order valence-electron chi connectivity index (χ4n) is 2.56. The summed E-state index contributed by atoms with van der Waals surface area (Å²) in [4.78, 5) is 16.8. The lowest BCUT2D eigenvalue weighted by molar-refractivity contribution is 0.0843.